The van der Waals surface area contributed by atoms with Crippen LogP contribution in [0.1, 0.15) is 46.1 Å². The number of piperidine rings is 2. The van der Waals surface area contributed by atoms with E-state index in [1.807, 2.05) is 42.3 Å². The highest BCUT2D eigenvalue weighted by Crippen LogP contribution is 2.37. The number of carbonyl (C=O) groups is 2. The molecular formula is C35H36FN7O4S. The van der Waals surface area contributed by atoms with Gasteiger partial charge in [0.25, 0.3) is 11.5 Å². The number of benzene rings is 1. The lowest BCUT2D eigenvalue weighted by molar-refractivity contribution is -0.142. The highest BCUT2D eigenvalue weighted by Gasteiger charge is 2.42. The Kier molecular flexibility index (Phi) is 8.42. The second-order valence-electron chi connectivity index (χ2n) is 12.9. The molecule has 48 heavy (non-hydrogen) atoms. The molecular weight excluding hydrogens is 633 g/mol. The average Bonchev–Trinajstić information content (AvgIpc) is 3.68. The van der Waals surface area contributed by atoms with Crippen LogP contribution in [0.25, 0.3) is 21.6 Å². The van der Waals surface area contributed by atoms with Crippen LogP contribution in [0.5, 0.6) is 0 Å². The van der Waals surface area contributed by atoms with E-state index < -0.39 is 11.5 Å². The third kappa shape index (κ3) is 6.03. The highest BCUT2D eigenvalue weighted by atomic mass is 32.1. The topological polar surface area (TPSA) is 126 Å². The molecule has 0 unspecified atom stereocenters. The molecule has 248 valence electrons. The summed E-state index contributed by atoms with van der Waals surface area (Å²) in [6, 6.07) is 14.4. The SMILES string of the molecule is Cc1nc(-c2ccc(F)nc2)sc1C(=O)N1CC[C@@H](C(=O)N2CCC(O)(Cn3cnc4c(ccn4C)c3=O)CC2)[C@H](c2ccccc2)C1. The Balaban J connectivity index is 1.05. The second kappa shape index (κ2) is 12.7. The number of aliphatic hydroxyl groups is 1. The number of halogens is 1. The van der Waals surface area contributed by atoms with Gasteiger partial charge in [-0.25, -0.2) is 15.0 Å². The summed E-state index contributed by atoms with van der Waals surface area (Å²) in [5.74, 6) is -1.25. The van der Waals surface area contributed by atoms with Gasteiger partial charge in [0, 0.05) is 63.0 Å². The summed E-state index contributed by atoms with van der Waals surface area (Å²) in [7, 11) is 1.83. The number of rotatable bonds is 6. The number of hydrogen-bond acceptors (Lipinski definition) is 8. The van der Waals surface area contributed by atoms with Crippen molar-refractivity contribution < 1.29 is 19.1 Å². The van der Waals surface area contributed by atoms with Gasteiger partial charge in [-0.2, -0.15) is 4.39 Å². The lowest BCUT2D eigenvalue weighted by Crippen LogP contribution is -2.53. The van der Waals surface area contributed by atoms with Crippen LogP contribution >= 0.6 is 11.3 Å². The molecule has 0 aliphatic carbocycles. The number of amides is 2. The summed E-state index contributed by atoms with van der Waals surface area (Å²) >= 11 is 1.26. The Labute approximate surface area is 280 Å². The minimum absolute atomic E-state index is 0.0163. The number of fused-ring (bicyclic) bond motifs is 1. The monoisotopic (exact) mass is 669 g/mol. The molecule has 11 nitrogen and oxygen atoms in total. The van der Waals surface area contributed by atoms with Crippen molar-refractivity contribution >= 4 is 34.2 Å². The lowest BCUT2D eigenvalue weighted by Gasteiger charge is -2.43. The molecule has 0 spiro atoms. The van der Waals surface area contributed by atoms with Crippen LogP contribution in [0.3, 0.4) is 0 Å². The Morgan fingerprint density at radius 2 is 1.81 bits per heavy atom. The molecule has 5 aromatic rings. The molecule has 0 bridgehead atoms. The predicted octanol–water partition coefficient (Wildman–Crippen LogP) is 4.00. The van der Waals surface area contributed by atoms with Gasteiger partial charge in [0.15, 0.2) is 0 Å². The van der Waals surface area contributed by atoms with Crippen LogP contribution in [-0.4, -0.2) is 82.6 Å². The van der Waals surface area contributed by atoms with Crippen LogP contribution in [0, 0.1) is 18.8 Å². The summed E-state index contributed by atoms with van der Waals surface area (Å²) < 4.78 is 16.6. The van der Waals surface area contributed by atoms with Crippen molar-refractivity contribution in [1.29, 1.82) is 0 Å². The van der Waals surface area contributed by atoms with E-state index in [1.54, 1.807) is 34.7 Å². The Bertz CT molecular complexity index is 2030. The van der Waals surface area contributed by atoms with Gasteiger partial charge in [-0.3, -0.25) is 19.0 Å². The first kappa shape index (κ1) is 31.8. The summed E-state index contributed by atoms with van der Waals surface area (Å²) in [5, 5.41) is 12.6. The molecule has 2 saturated heterocycles. The van der Waals surface area contributed by atoms with Crippen molar-refractivity contribution in [3.63, 3.8) is 0 Å². The maximum Gasteiger partial charge on any atom is 0.265 e. The number of aromatic nitrogens is 5. The molecule has 4 aromatic heterocycles. The molecule has 2 fully saturated rings. The standard InChI is InChI=1S/C35H36FN7O4S/c1-22-29(48-31(39-22)24-8-9-28(36)37-18-24)34(46)42-15-11-25(27(19-42)23-6-4-3-5-7-23)32(44)41-16-12-35(47,13-17-41)20-43-21-38-30-26(33(43)45)10-14-40(30)2/h3-10,14,18,21,25,27,47H,11-13,15-17,19-20H2,1-2H3/t25-,27+/m1/s1. The first-order valence-electron chi connectivity index (χ1n) is 16.1. The van der Waals surface area contributed by atoms with Crippen LogP contribution in [0.15, 0.2) is 72.0 Å². The van der Waals surface area contributed by atoms with Crippen LogP contribution in [0.4, 0.5) is 4.39 Å². The lowest BCUT2D eigenvalue weighted by atomic mass is 9.79. The molecule has 0 saturated carbocycles. The third-order valence-electron chi connectivity index (χ3n) is 9.73. The fourth-order valence-corrected chi connectivity index (χ4v) is 8.00. The van der Waals surface area contributed by atoms with E-state index in [9.17, 15) is 23.9 Å². The van der Waals surface area contributed by atoms with Crippen LogP contribution in [-0.2, 0) is 18.4 Å². The van der Waals surface area contributed by atoms with E-state index in [-0.39, 0.29) is 35.8 Å². The Hall–Kier alpha value is -4.75. The maximum absolute atomic E-state index is 14.1. The van der Waals surface area contributed by atoms with Crippen molar-refractivity contribution in [2.75, 3.05) is 26.2 Å². The normalized spacial score (nSPS) is 19.5. The van der Waals surface area contributed by atoms with Gasteiger partial charge in [0.1, 0.15) is 21.9 Å². The molecule has 2 atom stereocenters. The quantitative estimate of drug-likeness (QED) is 0.271. The molecule has 2 amide bonds. The van der Waals surface area contributed by atoms with Gasteiger partial charge in [0.05, 0.1) is 23.2 Å². The molecule has 13 heteroatoms. The molecule has 7 rings (SSSR count). The molecule has 0 radical (unpaired) electrons. The van der Waals surface area contributed by atoms with E-state index in [1.165, 1.54) is 34.5 Å². The van der Waals surface area contributed by atoms with E-state index in [0.717, 1.165) is 5.56 Å². The summed E-state index contributed by atoms with van der Waals surface area (Å²) in [6.07, 6.45) is 5.84. The highest BCUT2D eigenvalue weighted by molar-refractivity contribution is 7.17. The first-order valence-corrected chi connectivity index (χ1v) is 16.9. The predicted molar refractivity (Wildman–Crippen MR) is 179 cm³/mol. The summed E-state index contributed by atoms with van der Waals surface area (Å²) in [6.45, 7) is 3.42. The minimum Gasteiger partial charge on any atom is -0.388 e. The second-order valence-corrected chi connectivity index (χ2v) is 13.9. The molecule has 2 aliphatic heterocycles. The first-order chi connectivity index (χ1) is 23.1. The zero-order valence-corrected chi connectivity index (χ0v) is 27.6. The van der Waals surface area contributed by atoms with Crippen LogP contribution < -0.4 is 5.56 Å². The Morgan fingerprint density at radius 1 is 1.04 bits per heavy atom. The third-order valence-corrected chi connectivity index (χ3v) is 10.9. The van der Waals surface area contributed by atoms with Gasteiger partial charge >= 0.3 is 0 Å². The molecule has 2 aliphatic rings. The average molecular weight is 670 g/mol. The van der Waals surface area contributed by atoms with Crippen molar-refractivity contribution in [3.05, 3.63) is 99.7 Å². The maximum atomic E-state index is 14.1. The fraction of sp³-hybridized carbons (Fsp3) is 0.371. The number of pyridine rings is 1. The summed E-state index contributed by atoms with van der Waals surface area (Å²) in [4.78, 5) is 57.9. The number of carbonyl (C=O) groups excluding carboxylic acids is 2. The number of thiazole rings is 1. The van der Waals surface area contributed by atoms with Crippen molar-refractivity contribution in [2.24, 2.45) is 13.0 Å². The minimum atomic E-state index is -1.14. The van der Waals surface area contributed by atoms with E-state index in [2.05, 4.69) is 15.0 Å². The van der Waals surface area contributed by atoms with Crippen LogP contribution in [0.2, 0.25) is 0 Å². The number of hydrogen-bond donors (Lipinski definition) is 1. The smallest absolute Gasteiger partial charge is 0.265 e. The van der Waals surface area contributed by atoms with Crippen molar-refractivity contribution in [1.82, 2.24) is 33.9 Å². The summed E-state index contributed by atoms with van der Waals surface area (Å²) in [5.41, 5.74) is 1.49. The number of nitrogens with zero attached hydrogens (tertiary/aromatic N) is 7. The van der Waals surface area contributed by atoms with Gasteiger partial charge in [-0.05, 0) is 49.9 Å². The van der Waals surface area contributed by atoms with Gasteiger partial charge in [-0.1, -0.05) is 30.3 Å². The molecule has 6 heterocycles. The zero-order valence-electron chi connectivity index (χ0n) is 26.8. The largest absolute Gasteiger partial charge is 0.388 e. The van der Waals surface area contributed by atoms with Gasteiger partial charge in [-0.15, -0.1) is 11.3 Å². The number of likely N-dealkylation sites (tertiary alicyclic amines) is 2. The van der Waals surface area contributed by atoms with Gasteiger partial charge in [0.2, 0.25) is 11.9 Å². The van der Waals surface area contributed by atoms with Crippen molar-refractivity contribution in [2.45, 2.75) is 44.2 Å². The van der Waals surface area contributed by atoms with E-state index in [0.29, 0.717) is 77.6 Å². The van der Waals surface area contributed by atoms with E-state index in [4.69, 9.17) is 0 Å². The number of aryl methyl sites for hydroxylation is 2. The molecule has 1 N–H and O–H groups in total. The fourth-order valence-electron chi connectivity index (χ4n) is 6.98. The van der Waals surface area contributed by atoms with E-state index >= 15 is 0 Å². The Morgan fingerprint density at radius 3 is 2.54 bits per heavy atom. The zero-order chi connectivity index (χ0) is 33.6. The van der Waals surface area contributed by atoms with Gasteiger partial charge < -0.3 is 19.5 Å². The molecule has 1 aromatic carbocycles. The van der Waals surface area contributed by atoms with Crippen molar-refractivity contribution in [3.8, 4) is 10.6 Å².